The van der Waals surface area contributed by atoms with E-state index in [2.05, 4.69) is 0 Å². The molecular formula is C13H11ClOS. The van der Waals surface area contributed by atoms with Crippen molar-refractivity contribution in [1.82, 2.24) is 0 Å². The average Bonchev–Trinajstić information content (AvgIpc) is 2.73. The number of carbonyl (C=O) groups is 1. The average molecular weight is 251 g/mol. The Morgan fingerprint density at radius 3 is 2.50 bits per heavy atom. The van der Waals surface area contributed by atoms with Gasteiger partial charge in [-0.05, 0) is 18.6 Å². The van der Waals surface area contributed by atoms with E-state index >= 15 is 0 Å². The van der Waals surface area contributed by atoms with Crippen molar-refractivity contribution in [3.63, 3.8) is 0 Å². The van der Waals surface area contributed by atoms with Crippen LogP contribution >= 0.6 is 22.9 Å². The first kappa shape index (κ1) is 11.4. The van der Waals surface area contributed by atoms with Gasteiger partial charge < -0.3 is 0 Å². The molecule has 0 spiro atoms. The number of hydrogen-bond donors (Lipinski definition) is 0. The molecule has 0 saturated carbocycles. The van der Waals surface area contributed by atoms with E-state index in [1.54, 1.807) is 0 Å². The second-order valence-corrected chi connectivity index (χ2v) is 5.29. The molecule has 0 unspecified atom stereocenters. The summed E-state index contributed by atoms with van der Waals surface area (Å²) in [5.41, 5.74) is 0.783. The quantitative estimate of drug-likeness (QED) is 0.743. The SMILES string of the molecule is O=C(CCc1ccc(Cl)s1)c1ccccc1. The third kappa shape index (κ3) is 2.94. The number of rotatable bonds is 4. The van der Waals surface area contributed by atoms with E-state index in [1.165, 1.54) is 11.3 Å². The molecule has 0 bridgehead atoms. The van der Waals surface area contributed by atoms with Crippen molar-refractivity contribution >= 4 is 28.7 Å². The summed E-state index contributed by atoms with van der Waals surface area (Å²) in [6.07, 6.45) is 1.31. The zero-order valence-corrected chi connectivity index (χ0v) is 10.2. The van der Waals surface area contributed by atoms with E-state index in [1.807, 2.05) is 42.5 Å². The van der Waals surface area contributed by atoms with E-state index in [4.69, 9.17) is 11.6 Å². The molecule has 3 heteroatoms. The third-order valence-electron chi connectivity index (χ3n) is 2.32. The van der Waals surface area contributed by atoms with E-state index < -0.39 is 0 Å². The van der Waals surface area contributed by atoms with Crippen LogP contribution in [-0.2, 0) is 6.42 Å². The van der Waals surface area contributed by atoms with Gasteiger partial charge in [-0.3, -0.25) is 4.79 Å². The summed E-state index contributed by atoms with van der Waals surface area (Å²) < 4.78 is 0.780. The number of halogens is 1. The molecule has 2 aromatic rings. The Kier molecular flexibility index (Phi) is 3.75. The number of aryl methyl sites for hydroxylation is 1. The van der Waals surface area contributed by atoms with Crippen LogP contribution < -0.4 is 0 Å². The Bertz CT molecular complexity index is 476. The van der Waals surface area contributed by atoms with Gasteiger partial charge in [-0.15, -0.1) is 11.3 Å². The second-order valence-electron chi connectivity index (χ2n) is 3.50. The minimum absolute atomic E-state index is 0.185. The predicted molar refractivity (Wildman–Crippen MR) is 68.4 cm³/mol. The molecule has 0 N–H and O–H groups in total. The largest absolute Gasteiger partial charge is 0.294 e. The highest BCUT2D eigenvalue weighted by molar-refractivity contribution is 7.16. The first-order chi connectivity index (χ1) is 7.75. The van der Waals surface area contributed by atoms with Crippen LogP contribution in [0, 0.1) is 0 Å². The van der Waals surface area contributed by atoms with E-state index in [0.29, 0.717) is 6.42 Å². The lowest BCUT2D eigenvalue weighted by Gasteiger charge is -1.99. The van der Waals surface area contributed by atoms with Crippen LogP contribution in [0.25, 0.3) is 0 Å². The molecule has 0 saturated heterocycles. The molecule has 82 valence electrons. The molecule has 0 atom stereocenters. The highest BCUT2D eigenvalue weighted by Gasteiger charge is 2.06. The van der Waals surface area contributed by atoms with Gasteiger partial charge in [-0.2, -0.15) is 0 Å². The Hall–Kier alpha value is -1.12. The van der Waals surface area contributed by atoms with Gasteiger partial charge in [0.25, 0.3) is 0 Å². The van der Waals surface area contributed by atoms with Crippen molar-refractivity contribution in [3.05, 3.63) is 57.2 Å². The van der Waals surface area contributed by atoms with E-state index in [-0.39, 0.29) is 5.78 Å². The molecule has 1 aromatic heterocycles. The standard InChI is InChI=1S/C13H11ClOS/c14-13-9-7-11(16-13)6-8-12(15)10-4-2-1-3-5-10/h1-5,7,9H,6,8H2. The van der Waals surface area contributed by atoms with Crippen LogP contribution in [0.2, 0.25) is 4.34 Å². The topological polar surface area (TPSA) is 17.1 Å². The van der Waals surface area contributed by atoms with Gasteiger partial charge in [-0.25, -0.2) is 0 Å². The van der Waals surface area contributed by atoms with Crippen LogP contribution in [0.1, 0.15) is 21.7 Å². The van der Waals surface area contributed by atoms with Crippen molar-refractivity contribution in [1.29, 1.82) is 0 Å². The van der Waals surface area contributed by atoms with Crippen LogP contribution in [0.5, 0.6) is 0 Å². The van der Waals surface area contributed by atoms with Crippen LogP contribution in [0.15, 0.2) is 42.5 Å². The maximum absolute atomic E-state index is 11.8. The molecule has 0 amide bonds. The van der Waals surface area contributed by atoms with Crippen LogP contribution in [-0.4, -0.2) is 5.78 Å². The second kappa shape index (κ2) is 5.28. The fourth-order valence-corrected chi connectivity index (χ4v) is 2.58. The third-order valence-corrected chi connectivity index (χ3v) is 3.61. The molecule has 1 aromatic carbocycles. The maximum Gasteiger partial charge on any atom is 0.163 e. The number of ketones is 1. The van der Waals surface area contributed by atoms with E-state index in [9.17, 15) is 4.79 Å². The maximum atomic E-state index is 11.8. The Morgan fingerprint density at radius 2 is 1.88 bits per heavy atom. The molecule has 16 heavy (non-hydrogen) atoms. The lowest BCUT2D eigenvalue weighted by molar-refractivity contribution is 0.0983. The first-order valence-electron chi connectivity index (χ1n) is 5.08. The lowest BCUT2D eigenvalue weighted by Crippen LogP contribution is -1.99. The number of carbonyl (C=O) groups excluding carboxylic acids is 1. The Balaban J connectivity index is 1.94. The van der Waals surface area contributed by atoms with Gasteiger partial charge in [-0.1, -0.05) is 41.9 Å². The highest BCUT2D eigenvalue weighted by atomic mass is 35.5. The fraction of sp³-hybridized carbons (Fsp3) is 0.154. The van der Waals surface area contributed by atoms with Crippen molar-refractivity contribution < 1.29 is 4.79 Å². The monoisotopic (exact) mass is 250 g/mol. The normalized spacial score (nSPS) is 10.3. The molecule has 1 heterocycles. The smallest absolute Gasteiger partial charge is 0.163 e. The summed E-state index contributed by atoms with van der Waals surface area (Å²) >= 11 is 7.36. The minimum Gasteiger partial charge on any atom is -0.294 e. The summed E-state index contributed by atoms with van der Waals surface area (Å²) in [6.45, 7) is 0. The summed E-state index contributed by atoms with van der Waals surface area (Å²) in [6, 6.07) is 13.2. The molecule has 0 fully saturated rings. The summed E-state index contributed by atoms with van der Waals surface area (Å²) in [5.74, 6) is 0.185. The minimum atomic E-state index is 0.185. The first-order valence-corrected chi connectivity index (χ1v) is 6.27. The van der Waals surface area contributed by atoms with Crippen LogP contribution in [0.4, 0.5) is 0 Å². The van der Waals surface area contributed by atoms with Gasteiger partial charge in [0.15, 0.2) is 5.78 Å². The molecular weight excluding hydrogens is 240 g/mol. The van der Waals surface area contributed by atoms with Crippen molar-refractivity contribution in [2.45, 2.75) is 12.8 Å². The Morgan fingerprint density at radius 1 is 1.12 bits per heavy atom. The highest BCUT2D eigenvalue weighted by Crippen LogP contribution is 2.22. The molecule has 0 radical (unpaired) electrons. The van der Waals surface area contributed by atoms with Gasteiger partial charge in [0.2, 0.25) is 0 Å². The van der Waals surface area contributed by atoms with E-state index in [0.717, 1.165) is 21.2 Å². The summed E-state index contributed by atoms with van der Waals surface area (Å²) in [7, 11) is 0. The lowest BCUT2D eigenvalue weighted by atomic mass is 10.1. The summed E-state index contributed by atoms with van der Waals surface area (Å²) in [5, 5.41) is 0. The molecule has 0 aliphatic rings. The zero-order valence-electron chi connectivity index (χ0n) is 8.65. The van der Waals surface area contributed by atoms with Gasteiger partial charge >= 0.3 is 0 Å². The molecule has 0 aliphatic carbocycles. The molecule has 0 aliphatic heterocycles. The van der Waals surface area contributed by atoms with Crippen molar-refractivity contribution in [2.75, 3.05) is 0 Å². The predicted octanol–water partition coefficient (Wildman–Crippen LogP) is 4.22. The number of benzene rings is 1. The van der Waals surface area contributed by atoms with Crippen molar-refractivity contribution in [2.24, 2.45) is 0 Å². The van der Waals surface area contributed by atoms with Crippen molar-refractivity contribution in [3.8, 4) is 0 Å². The van der Waals surface area contributed by atoms with Gasteiger partial charge in [0, 0.05) is 16.9 Å². The number of thiophene rings is 1. The number of Topliss-reactive ketones (excluding diaryl/α,β-unsaturated/α-hetero) is 1. The summed E-state index contributed by atoms with van der Waals surface area (Å²) in [4.78, 5) is 13.0. The fourth-order valence-electron chi connectivity index (χ4n) is 1.49. The number of hydrogen-bond acceptors (Lipinski definition) is 2. The van der Waals surface area contributed by atoms with Crippen LogP contribution in [0.3, 0.4) is 0 Å². The Labute approximate surface area is 104 Å². The van der Waals surface area contributed by atoms with Gasteiger partial charge in [0.1, 0.15) is 0 Å². The van der Waals surface area contributed by atoms with Gasteiger partial charge in [0.05, 0.1) is 4.34 Å². The zero-order chi connectivity index (χ0) is 11.4. The molecule has 1 nitrogen and oxygen atoms in total. The molecule has 2 rings (SSSR count).